The Hall–Kier alpha value is -1.84. The standard InChI is InChI=1S/C13H16N2O2/c1-4-10-9(8-15(3)14-10)12-6-7-13(17-12)11(16)5-2/h6-8H,4-5H2,1-3H3. The summed E-state index contributed by atoms with van der Waals surface area (Å²) in [5, 5.41) is 4.35. The van der Waals surface area contributed by atoms with E-state index in [1.54, 1.807) is 10.7 Å². The molecule has 0 aliphatic carbocycles. The van der Waals surface area contributed by atoms with Gasteiger partial charge in [0, 0.05) is 19.7 Å². The summed E-state index contributed by atoms with van der Waals surface area (Å²) in [6, 6.07) is 3.56. The van der Waals surface area contributed by atoms with E-state index in [1.165, 1.54) is 0 Å². The number of hydrogen-bond donors (Lipinski definition) is 0. The first-order valence-electron chi connectivity index (χ1n) is 5.81. The molecular formula is C13H16N2O2. The third kappa shape index (κ3) is 2.16. The van der Waals surface area contributed by atoms with Crippen LogP contribution < -0.4 is 0 Å². The van der Waals surface area contributed by atoms with Crippen LogP contribution in [-0.4, -0.2) is 15.6 Å². The van der Waals surface area contributed by atoms with E-state index in [2.05, 4.69) is 5.10 Å². The number of Topliss-reactive ketones (excluding diaryl/α,β-unsaturated/α-hetero) is 1. The Kier molecular flexibility index (Phi) is 3.13. The summed E-state index contributed by atoms with van der Waals surface area (Å²) in [6.07, 6.45) is 3.21. The molecule has 90 valence electrons. The minimum Gasteiger partial charge on any atom is -0.453 e. The molecule has 2 heterocycles. The van der Waals surface area contributed by atoms with Crippen molar-refractivity contribution in [3.8, 4) is 11.3 Å². The molecule has 0 fully saturated rings. The van der Waals surface area contributed by atoms with Gasteiger partial charge in [0.05, 0.1) is 11.3 Å². The molecule has 0 amide bonds. The Bertz CT molecular complexity index is 537. The number of carbonyl (C=O) groups is 1. The SMILES string of the molecule is CCC(=O)c1ccc(-c2cn(C)nc2CC)o1. The Balaban J connectivity index is 2.39. The van der Waals surface area contributed by atoms with Gasteiger partial charge in [-0.25, -0.2) is 0 Å². The first-order valence-corrected chi connectivity index (χ1v) is 5.81. The molecule has 0 saturated carbocycles. The normalized spacial score (nSPS) is 10.8. The first kappa shape index (κ1) is 11.6. The highest BCUT2D eigenvalue weighted by Gasteiger charge is 2.14. The molecule has 0 aliphatic rings. The van der Waals surface area contributed by atoms with Crippen molar-refractivity contribution in [2.75, 3.05) is 0 Å². The molecule has 17 heavy (non-hydrogen) atoms. The third-order valence-electron chi connectivity index (χ3n) is 2.71. The summed E-state index contributed by atoms with van der Waals surface area (Å²) in [5.74, 6) is 1.17. The summed E-state index contributed by atoms with van der Waals surface area (Å²) in [5.41, 5.74) is 1.95. The molecule has 4 heteroatoms. The van der Waals surface area contributed by atoms with E-state index >= 15 is 0 Å². The molecule has 0 N–H and O–H groups in total. The summed E-state index contributed by atoms with van der Waals surface area (Å²) in [6.45, 7) is 3.87. The highest BCUT2D eigenvalue weighted by atomic mass is 16.3. The van der Waals surface area contributed by atoms with Crippen molar-refractivity contribution >= 4 is 5.78 Å². The smallest absolute Gasteiger partial charge is 0.197 e. The molecule has 2 aromatic heterocycles. The van der Waals surface area contributed by atoms with Crippen molar-refractivity contribution in [2.24, 2.45) is 7.05 Å². The molecule has 0 saturated heterocycles. The van der Waals surface area contributed by atoms with Gasteiger partial charge in [-0.2, -0.15) is 5.10 Å². The van der Waals surface area contributed by atoms with E-state index in [9.17, 15) is 4.79 Å². The lowest BCUT2D eigenvalue weighted by atomic mass is 10.1. The minimum atomic E-state index is 0.0261. The van der Waals surface area contributed by atoms with Crippen LogP contribution in [0.3, 0.4) is 0 Å². The average molecular weight is 232 g/mol. The number of hydrogen-bond acceptors (Lipinski definition) is 3. The van der Waals surface area contributed by atoms with Crippen molar-refractivity contribution < 1.29 is 9.21 Å². The summed E-state index contributed by atoms with van der Waals surface area (Å²) in [4.78, 5) is 11.5. The molecule has 0 aromatic carbocycles. The van der Waals surface area contributed by atoms with E-state index in [0.717, 1.165) is 17.7 Å². The van der Waals surface area contributed by atoms with Crippen LogP contribution in [0, 0.1) is 0 Å². The summed E-state index contributed by atoms with van der Waals surface area (Å²) < 4.78 is 7.34. The van der Waals surface area contributed by atoms with Crippen LogP contribution in [-0.2, 0) is 13.5 Å². The topological polar surface area (TPSA) is 48.0 Å². The lowest BCUT2D eigenvalue weighted by Crippen LogP contribution is -1.92. The number of furan rings is 1. The second kappa shape index (κ2) is 4.57. The van der Waals surface area contributed by atoms with E-state index in [0.29, 0.717) is 17.9 Å². The van der Waals surface area contributed by atoms with E-state index in [-0.39, 0.29) is 5.78 Å². The molecule has 2 rings (SSSR count). The number of ketones is 1. The molecule has 0 spiro atoms. The Labute approximate surface area is 100 Å². The average Bonchev–Trinajstić information content (AvgIpc) is 2.93. The van der Waals surface area contributed by atoms with Crippen LogP contribution in [0.25, 0.3) is 11.3 Å². The number of aromatic nitrogens is 2. The molecule has 0 aliphatic heterocycles. The van der Waals surface area contributed by atoms with Gasteiger partial charge in [-0.3, -0.25) is 9.48 Å². The zero-order valence-electron chi connectivity index (χ0n) is 10.4. The van der Waals surface area contributed by atoms with Crippen LogP contribution >= 0.6 is 0 Å². The predicted octanol–water partition coefficient (Wildman–Crippen LogP) is 2.84. The van der Waals surface area contributed by atoms with Gasteiger partial charge in [0.1, 0.15) is 5.76 Å². The Morgan fingerprint density at radius 3 is 2.82 bits per heavy atom. The lowest BCUT2D eigenvalue weighted by molar-refractivity contribution is 0.0962. The van der Waals surface area contributed by atoms with Crippen molar-refractivity contribution in [1.29, 1.82) is 0 Å². The van der Waals surface area contributed by atoms with E-state index < -0.39 is 0 Å². The number of carbonyl (C=O) groups excluding carboxylic acids is 1. The molecule has 4 nitrogen and oxygen atoms in total. The lowest BCUT2D eigenvalue weighted by Gasteiger charge is -1.95. The van der Waals surface area contributed by atoms with Gasteiger partial charge >= 0.3 is 0 Å². The Morgan fingerprint density at radius 1 is 1.41 bits per heavy atom. The summed E-state index contributed by atoms with van der Waals surface area (Å²) >= 11 is 0. The van der Waals surface area contributed by atoms with Gasteiger partial charge in [0.25, 0.3) is 0 Å². The highest BCUT2D eigenvalue weighted by Crippen LogP contribution is 2.25. The molecule has 0 atom stereocenters. The van der Waals surface area contributed by atoms with Gasteiger partial charge in [0.2, 0.25) is 0 Å². The van der Waals surface area contributed by atoms with Gasteiger partial charge < -0.3 is 4.42 Å². The maximum absolute atomic E-state index is 11.5. The van der Waals surface area contributed by atoms with Crippen LogP contribution in [0.2, 0.25) is 0 Å². The predicted molar refractivity (Wildman–Crippen MR) is 64.9 cm³/mol. The van der Waals surface area contributed by atoms with E-state index in [4.69, 9.17) is 4.42 Å². The van der Waals surface area contributed by atoms with Gasteiger partial charge in [-0.05, 0) is 18.6 Å². The molecule has 0 radical (unpaired) electrons. The van der Waals surface area contributed by atoms with Crippen molar-refractivity contribution in [3.05, 3.63) is 29.8 Å². The fraction of sp³-hybridized carbons (Fsp3) is 0.385. The fourth-order valence-electron chi connectivity index (χ4n) is 1.81. The number of nitrogens with zero attached hydrogens (tertiary/aromatic N) is 2. The quantitative estimate of drug-likeness (QED) is 0.761. The van der Waals surface area contributed by atoms with Crippen LogP contribution in [0.5, 0.6) is 0 Å². The monoisotopic (exact) mass is 232 g/mol. The number of aryl methyl sites for hydroxylation is 2. The largest absolute Gasteiger partial charge is 0.453 e. The third-order valence-corrected chi connectivity index (χ3v) is 2.71. The number of rotatable bonds is 4. The van der Waals surface area contributed by atoms with Crippen LogP contribution in [0.15, 0.2) is 22.7 Å². The molecule has 0 unspecified atom stereocenters. The highest BCUT2D eigenvalue weighted by molar-refractivity contribution is 5.93. The van der Waals surface area contributed by atoms with Crippen LogP contribution in [0.4, 0.5) is 0 Å². The van der Waals surface area contributed by atoms with Crippen molar-refractivity contribution in [3.63, 3.8) is 0 Å². The van der Waals surface area contributed by atoms with Gasteiger partial charge in [0.15, 0.2) is 11.5 Å². The molecular weight excluding hydrogens is 216 g/mol. The van der Waals surface area contributed by atoms with E-state index in [1.807, 2.05) is 33.2 Å². The zero-order chi connectivity index (χ0) is 12.4. The molecule has 0 bridgehead atoms. The maximum atomic E-state index is 11.5. The zero-order valence-corrected chi connectivity index (χ0v) is 10.4. The van der Waals surface area contributed by atoms with Crippen LogP contribution in [0.1, 0.15) is 36.5 Å². The first-order chi connectivity index (χ1) is 8.15. The molecule has 2 aromatic rings. The van der Waals surface area contributed by atoms with Crippen molar-refractivity contribution in [2.45, 2.75) is 26.7 Å². The minimum absolute atomic E-state index is 0.0261. The maximum Gasteiger partial charge on any atom is 0.197 e. The second-order valence-electron chi connectivity index (χ2n) is 3.96. The summed E-state index contributed by atoms with van der Waals surface area (Å²) in [7, 11) is 1.88. The van der Waals surface area contributed by atoms with Crippen molar-refractivity contribution in [1.82, 2.24) is 9.78 Å². The van der Waals surface area contributed by atoms with Gasteiger partial charge in [-0.15, -0.1) is 0 Å². The fourth-order valence-corrected chi connectivity index (χ4v) is 1.81. The Morgan fingerprint density at radius 2 is 2.18 bits per heavy atom. The van der Waals surface area contributed by atoms with Gasteiger partial charge in [-0.1, -0.05) is 13.8 Å². The second-order valence-corrected chi connectivity index (χ2v) is 3.96.